The number of nitro benzene ring substituents is 1. The van der Waals surface area contributed by atoms with E-state index >= 15 is 0 Å². The van der Waals surface area contributed by atoms with E-state index in [1.165, 1.54) is 41.0 Å². The summed E-state index contributed by atoms with van der Waals surface area (Å²) < 4.78 is 21.2. The van der Waals surface area contributed by atoms with Crippen molar-refractivity contribution >= 4 is 40.5 Å². The summed E-state index contributed by atoms with van der Waals surface area (Å²) in [5, 5.41) is 11.7. The van der Waals surface area contributed by atoms with Gasteiger partial charge in [-0.1, -0.05) is 53.8 Å². The second-order valence-electron chi connectivity index (χ2n) is 10.8. The van der Waals surface area contributed by atoms with E-state index in [9.17, 15) is 24.1 Å². The lowest BCUT2D eigenvalue weighted by atomic mass is 9.93. The monoisotopic (exact) mass is 627 g/mol. The molecule has 1 aromatic heterocycles. The van der Waals surface area contributed by atoms with Crippen LogP contribution >= 0.6 is 11.3 Å². The predicted molar refractivity (Wildman–Crippen MR) is 170 cm³/mol. The third-order valence-electron chi connectivity index (χ3n) is 7.91. The van der Waals surface area contributed by atoms with Crippen LogP contribution in [0.15, 0.2) is 88.2 Å². The molecular formula is C33H30FN5O5S. The molecule has 0 radical (unpaired) electrons. The molecule has 4 aromatic rings. The Balaban J connectivity index is 1.60. The highest BCUT2D eigenvalue weighted by molar-refractivity contribution is 7.07. The number of fused-ring (bicyclic) bond motifs is 1. The number of ether oxygens (including phenoxy) is 1. The van der Waals surface area contributed by atoms with Gasteiger partial charge in [-0.25, -0.2) is 14.2 Å². The van der Waals surface area contributed by atoms with Crippen LogP contribution in [0, 0.1) is 15.9 Å². The molecule has 0 saturated carbocycles. The molecule has 1 atom stereocenters. The molecule has 2 aliphatic rings. The Morgan fingerprint density at radius 3 is 2.47 bits per heavy atom. The number of aromatic nitrogens is 1. The maximum absolute atomic E-state index is 14.3. The summed E-state index contributed by atoms with van der Waals surface area (Å²) in [6.45, 7) is 4.91. The second kappa shape index (κ2) is 12.6. The number of nitrogens with zero attached hydrogens (tertiary/aromatic N) is 5. The van der Waals surface area contributed by atoms with Crippen molar-refractivity contribution in [1.82, 2.24) is 9.47 Å². The van der Waals surface area contributed by atoms with Gasteiger partial charge >= 0.3 is 5.97 Å². The quantitative estimate of drug-likeness (QED) is 0.175. The van der Waals surface area contributed by atoms with Gasteiger partial charge in [0.2, 0.25) is 0 Å². The van der Waals surface area contributed by atoms with Gasteiger partial charge in [0, 0.05) is 55.1 Å². The number of rotatable bonds is 7. The smallest absolute Gasteiger partial charge is 0.338 e. The molecule has 10 nitrogen and oxygen atoms in total. The maximum Gasteiger partial charge on any atom is 0.338 e. The molecule has 1 saturated heterocycles. The molecular weight excluding hydrogens is 597 g/mol. The number of carbonyl (C=O) groups is 1. The Hall–Kier alpha value is -4.94. The number of anilines is 1. The van der Waals surface area contributed by atoms with Gasteiger partial charge in [0.05, 0.1) is 33.4 Å². The largest absolute Gasteiger partial charge is 0.463 e. The molecule has 45 heavy (non-hydrogen) atoms. The maximum atomic E-state index is 14.3. The Kier molecular flexibility index (Phi) is 8.42. The second-order valence-corrected chi connectivity index (χ2v) is 11.8. The van der Waals surface area contributed by atoms with Crippen LogP contribution in [-0.2, 0) is 9.53 Å². The summed E-state index contributed by atoms with van der Waals surface area (Å²) in [6.07, 6.45) is 1.66. The number of nitro groups is 1. The number of esters is 1. The summed E-state index contributed by atoms with van der Waals surface area (Å²) in [4.78, 5) is 48.6. The zero-order valence-corrected chi connectivity index (χ0v) is 25.5. The number of halogens is 1. The fourth-order valence-corrected chi connectivity index (χ4v) is 6.64. The first kappa shape index (κ1) is 30.1. The average Bonchev–Trinajstić information content (AvgIpc) is 3.35. The number of hydrogen-bond donors (Lipinski definition) is 0. The van der Waals surface area contributed by atoms with Gasteiger partial charge < -0.3 is 14.5 Å². The van der Waals surface area contributed by atoms with E-state index in [4.69, 9.17) is 9.73 Å². The van der Waals surface area contributed by atoms with Crippen molar-refractivity contribution in [3.8, 4) is 0 Å². The first-order chi connectivity index (χ1) is 21.7. The van der Waals surface area contributed by atoms with E-state index in [2.05, 4.69) is 9.80 Å². The standard InChI is InChI=1S/C33H30FN5O5S/c1-3-44-32(41)28-29(21-7-5-4-6-8-21)35-33-38(30(28)22-9-11-24(34)12-10-22)31(40)27(45-33)20-23-19-25(39(42)43)13-14-26(23)37-17-15-36(2)16-18-37/h4-14,19-20,30H,3,15-18H2,1-2H3/b27-20-. The van der Waals surface area contributed by atoms with E-state index in [-0.39, 0.29) is 22.4 Å². The number of non-ortho nitro benzene ring substituents is 1. The third kappa shape index (κ3) is 5.94. The Morgan fingerprint density at radius 1 is 1.09 bits per heavy atom. The minimum atomic E-state index is -0.958. The van der Waals surface area contributed by atoms with Crippen molar-refractivity contribution in [3.05, 3.63) is 131 Å². The normalized spacial score (nSPS) is 17.2. The van der Waals surface area contributed by atoms with Gasteiger partial charge in [0.25, 0.3) is 11.2 Å². The molecule has 230 valence electrons. The molecule has 3 aromatic carbocycles. The molecule has 1 unspecified atom stereocenters. The zero-order chi connectivity index (χ0) is 31.7. The number of hydrogen-bond acceptors (Lipinski definition) is 9. The molecule has 0 aliphatic carbocycles. The lowest BCUT2D eigenvalue weighted by Crippen LogP contribution is -2.44. The first-order valence-corrected chi connectivity index (χ1v) is 15.3. The van der Waals surface area contributed by atoms with Gasteiger partial charge in [-0.3, -0.25) is 19.5 Å². The molecule has 0 N–H and O–H groups in total. The van der Waals surface area contributed by atoms with Crippen LogP contribution in [0.2, 0.25) is 0 Å². The van der Waals surface area contributed by atoms with E-state index in [1.54, 1.807) is 19.1 Å². The number of carbonyl (C=O) groups excluding carboxylic acids is 1. The van der Waals surface area contributed by atoms with Crippen LogP contribution in [0.5, 0.6) is 0 Å². The molecule has 3 heterocycles. The van der Waals surface area contributed by atoms with Gasteiger partial charge in [0.1, 0.15) is 5.82 Å². The van der Waals surface area contributed by atoms with Crippen LogP contribution in [0.25, 0.3) is 11.8 Å². The van der Waals surface area contributed by atoms with Crippen molar-refractivity contribution in [3.63, 3.8) is 0 Å². The highest BCUT2D eigenvalue weighted by Gasteiger charge is 2.35. The molecule has 0 bridgehead atoms. The van der Waals surface area contributed by atoms with Crippen LogP contribution in [0.3, 0.4) is 0 Å². The van der Waals surface area contributed by atoms with E-state index < -0.39 is 28.3 Å². The van der Waals surface area contributed by atoms with E-state index in [0.717, 1.165) is 43.2 Å². The summed E-state index contributed by atoms with van der Waals surface area (Å²) >= 11 is 1.13. The topological polar surface area (TPSA) is 110 Å². The van der Waals surface area contributed by atoms with Crippen LogP contribution in [-0.4, -0.2) is 60.2 Å². The van der Waals surface area contributed by atoms with Crippen LogP contribution < -0.4 is 19.8 Å². The molecule has 0 amide bonds. The van der Waals surface area contributed by atoms with Gasteiger partial charge in [-0.15, -0.1) is 0 Å². The summed E-state index contributed by atoms with van der Waals surface area (Å²) in [5.74, 6) is -1.10. The molecule has 6 rings (SSSR count). The van der Waals surface area contributed by atoms with Gasteiger partial charge in [0.15, 0.2) is 4.80 Å². The van der Waals surface area contributed by atoms with Gasteiger partial charge in [-0.2, -0.15) is 0 Å². The number of piperazine rings is 1. The highest BCUT2D eigenvalue weighted by atomic mass is 32.1. The van der Waals surface area contributed by atoms with Crippen molar-refractivity contribution in [2.24, 2.45) is 4.99 Å². The number of thiazole rings is 1. The lowest BCUT2D eigenvalue weighted by molar-refractivity contribution is -0.384. The minimum absolute atomic E-state index is 0.0907. The fraction of sp³-hybridized carbons (Fsp3) is 0.242. The molecule has 2 aliphatic heterocycles. The summed E-state index contributed by atoms with van der Waals surface area (Å²) in [6, 6.07) is 18.5. The summed E-state index contributed by atoms with van der Waals surface area (Å²) in [5.41, 5.74) is 2.46. The highest BCUT2D eigenvalue weighted by Crippen LogP contribution is 2.35. The van der Waals surface area contributed by atoms with Crippen LogP contribution in [0.4, 0.5) is 15.8 Å². The number of benzene rings is 3. The Morgan fingerprint density at radius 2 is 1.80 bits per heavy atom. The Labute approximate surface area is 261 Å². The predicted octanol–water partition coefficient (Wildman–Crippen LogP) is 3.73. The first-order valence-electron chi connectivity index (χ1n) is 14.5. The van der Waals surface area contributed by atoms with E-state index in [1.807, 2.05) is 37.4 Å². The summed E-state index contributed by atoms with van der Waals surface area (Å²) in [7, 11) is 2.04. The van der Waals surface area contributed by atoms with Crippen molar-refractivity contribution in [2.45, 2.75) is 13.0 Å². The molecule has 12 heteroatoms. The van der Waals surface area contributed by atoms with Crippen molar-refractivity contribution < 1.29 is 18.8 Å². The third-order valence-corrected chi connectivity index (χ3v) is 8.89. The molecule has 1 fully saturated rings. The fourth-order valence-electron chi connectivity index (χ4n) is 5.65. The Bertz CT molecular complexity index is 1980. The molecule has 0 spiro atoms. The minimum Gasteiger partial charge on any atom is -0.463 e. The van der Waals surface area contributed by atoms with Gasteiger partial charge in [-0.05, 0) is 43.8 Å². The average molecular weight is 628 g/mol. The zero-order valence-electron chi connectivity index (χ0n) is 24.7. The van der Waals surface area contributed by atoms with Crippen molar-refractivity contribution in [1.29, 1.82) is 0 Å². The van der Waals surface area contributed by atoms with Crippen molar-refractivity contribution in [2.75, 3.05) is 44.7 Å². The van der Waals surface area contributed by atoms with Crippen LogP contribution in [0.1, 0.15) is 29.7 Å². The van der Waals surface area contributed by atoms with E-state index in [0.29, 0.717) is 27.2 Å². The number of likely N-dealkylation sites (N-methyl/N-ethyl adjacent to an activating group) is 1. The SMILES string of the molecule is CCOC(=O)C1=C(c2ccccc2)N=c2s/c(=C\c3cc([N+](=O)[O-])ccc3N3CCN(C)CC3)c(=O)n2C1c1ccc(F)cc1. The lowest BCUT2D eigenvalue weighted by Gasteiger charge is -2.34.